The lowest BCUT2D eigenvalue weighted by Gasteiger charge is -2.18. The number of hydrogen-bond donors (Lipinski definition) is 0. The molecule has 0 spiro atoms. The molecule has 0 heterocycles. The lowest BCUT2D eigenvalue weighted by atomic mass is 10.2. The quantitative estimate of drug-likeness (QED) is 0.766. The summed E-state index contributed by atoms with van der Waals surface area (Å²) in [5.74, 6) is -1.21. The molecule has 5 nitrogen and oxygen atoms in total. The summed E-state index contributed by atoms with van der Waals surface area (Å²) in [5, 5.41) is 0. The van der Waals surface area contributed by atoms with Gasteiger partial charge in [0.25, 0.3) is 0 Å². The van der Waals surface area contributed by atoms with E-state index < -0.39 is 5.97 Å². The Bertz CT molecular complexity index is 482. The fraction of sp³-hybridized carbons (Fsp3) is 0.308. The Kier molecular flexibility index (Phi) is 4.59. The van der Waals surface area contributed by atoms with Crippen molar-refractivity contribution in [2.75, 3.05) is 12.0 Å². The van der Waals surface area contributed by atoms with E-state index in [0.717, 1.165) is 4.90 Å². The van der Waals surface area contributed by atoms with Gasteiger partial charge in [0.05, 0.1) is 18.4 Å². The van der Waals surface area contributed by atoms with Gasteiger partial charge < -0.3 is 4.74 Å². The average molecular weight is 249 g/mol. The van der Waals surface area contributed by atoms with Crippen molar-refractivity contribution in [1.29, 1.82) is 0 Å². The Labute approximate surface area is 105 Å². The Balaban J connectivity index is 3.17. The first-order valence-electron chi connectivity index (χ1n) is 5.53. The number of nitrogens with zero attached hydrogens (tertiary/aromatic N) is 1. The second-order valence-corrected chi connectivity index (χ2v) is 3.64. The van der Waals surface area contributed by atoms with Crippen LogP contribution in [0.1, 0.15) is 30.6 Å². The van der Waals surface area contributed by atoms with Crippen molar-refractivity contribution in [2.45, 2.75) is 20.3 Å². The van der Waals surface area contributed by atoms with Gasteiger partial charge in [-0.2, -0.15) is 0 Å². The first-order chi connectivity index (χ1) is 8.51. The third kappa shape index (κ3) is 2.94. The molecule has 0 radical (unpaired) electrons. The van der Waals surface area contributed by atoms with Gasteiger partial charge in [-0.25, -0.2) is 4.79 Å². The van der Waals surface area contributed by atoms with Crippen molar-refractivity contribution < 1.29 is 19.1 Å². The average Bonchev–Trinajstić information content (AvgIpc) is 2.37. The molecule has 2 amide bonds. The van der Waals surface area contributed by atoms with Crippen LogP contribution in [0.4, 0.5) is 5.69 Å². The smallest absolute Gasteiger partial charge is 0.337 e. The summed E-state index contributed by atoms with van der Waals surface area (Å²) in [6.45, 7) is 2.97. The molecule has 96 valence electrons. The van der Waals surface area contributed by atoms with Crippen LogP contribution in [0.3, 0.4) is 0 Å². The van der Waals surface area contributed by atoms with E-state index in [1.807, 2.05) is 0 Å². The van der Waals surface area contributed by atoms with Crippen LogP contribution in [0, 0.1) is 0 Å². The van der Waals surface area contributed by atoms with Gasteiger partial charge in [0.2, 0.25) is 11.8 Å². The number of ether oxygens (including phenoxy) is 1. The second-order valence-electron chi connectivity index (χ2n) is 3.64. The van der Waals surface area contributed by atoms with Gasteiger partial charge in [-0.15, -0.1) is 0 Å². The van der Waals surface area contributed by atoms with Gasteiger partial charge in [0, 0.05) is 13.3 Å². The van der Waals surface area contributed by atoms with Crippen LogP contribution < -0.4 is 4.90 Å². The number of carbonyl (C=O) groups excluding carboxylic acids is 3. The zero-order chi connectivity index (χ0) is 13.7. The molecular formula is C13H15NO4. The first kappa shape index (κ1) is 13.9. The monoisotopic (exact) mass is 249 g/mol. The molecule has 0 aliphatic rings. The summed E-state index contributed by atoms with van der Waals surface area (Å²) in [5.41, 5.74) is 0.669. The van der Waals surface area contributed by atoms with E-state index in [9.17, 15) is 14.4 Å². The van der Waals surface area contributed by atoms with E-state index in [1.54, 1.807) is 25.1 Å². The Morgan fingerprint density at radius 3 is 2.44 bits per heavy atom. The number of amides is 2. The molecule has 18 heavy (non-hydrogen) atoms. The molecule has 0 aromatic heterocycles. The Hall–Kier alpha value is -2.17. The van der Waals surface area contributed by atoms with Crippen molar-refractivity contribution in [3.63, 3.8) is 0 Å². The zero-order valence-electron chi connectivity index (χ0n) is 10.6. The molecule has 0 saturated heterocycles. The van der Waals surface area contributed by atoms with Crippen LogP contribution in [-0.2, 0) is 14.3 Å². The number of benzene rings is 1. The number of anilines is 1. The SMILES string of the molecule is CCC(=O)N(C(C)=O)c1cccc(C(=O)OC)c1. The first-order valence-corrected chi connectivity index (χ1v) is 5.53. The van der Waals surface area contributed by atoms with Gasteiger partial charge in [0.1, 0.15) is 0 Å². The number of hydrogen-bond acceptors (Lipinski definition) is 4. The summed E-state index contributed by atoms with van der Waals surface area (Å²) in [7, 11) is 1.27. The van der Waals surface area contributed by atoms with E-state index in [-0.39, 0.29) is 18.2 Å². The normalized spacial score (nSPS) is 9.72. The van der Waals surface area contributed by atoms with Gasteiger partial charge >= 0.3 is 5.97 Å². The molecule has 0 fully saturated rings. The number of imide groups is 1. The van der Waals surface area contributed by atoms with Crippen LogP contribution in [0.5, 0.6) is 0 Å². The molecule has 5 heteroatoms. The highest BCUT2D eigenvalue weighted by Gasteiger charge is 2.19. The van der Waals surface area contributed by atoms with Crippen LogP contribution in [0.2, 0.25) is 0 Å². The lowest BCUT2D eigenvalue weighted by molar-refractivity contribution is -0.125. The lowest BCUT2D eigenvalue weighted by Crippen LogP contribution is -2.34. The summed E-state index contributed by atoms with van der Waals surface area (Å²) < 4.78 is 4.59. The maximum absolute atomic E-state index is 11.7. The van der Waals surface area contributed by atoms with Crippen molar-refractivity contribution in [1.82, 2.24) is 0 Å². The summed E-state index contributed by atoms with van der Waals surface area (Å²) in [6, 6.07) is 6.22. The minimum absolute atomic E-state index is 0.210. The molecule has 1 rings (SSSR count). The highest BCUT2D eigenvalue weighted by molar-refractivity contribution is 6.14. The van der Waals surface area contributed by atoms with Crippen LogP contribution in [0.15, 0.2) is 24.3 Å². The number of esters is 1. The number of methoxy groups -OCH3 is 1. The summed E-state index contributed by atoms with van der Waals surface area (Å²) in [4.78, 5) is 35.6. The highest BCUT2D eigenvalue weighted by Crippen LogP contribution is 2.18. The highest BCUT2D eigenvalue weighted by atomic mass is 16.5. The second kappa shape index (κ2) is 5.95. The zero-order valence-corrected chi connectivity index (χ0v) is 10.6. The van der Waals surface area contributed by atoms with E-state index in [0.29, 0.717) is 11.3 Å². The summed E-state index contributed by atoms with van der Waals surface area (Å²) in [6.07, 6.45) is 0.210. The maximum Gasteiger partial charge on any atom is 0.337 e. The molecule has 0 bridgehead atoms. The van der Waals surface area contributed by atoms with Crippen LogP contribution in [0.25, 0.3) is 0 Å². The van der Waals surface area contributed by atoms with Crippen molar-refractivity contribution >= 4 is 23.5 Å². The van der Waals surface area contributed by atoms with E-state index in [1.165, 1.54) is 20.1 Å². The van der Waals surface area contributed by atoms with Crippen molar-refractivity contribution in [3.05, 3.63) is 29.8 Å². The van der Waals surface area contributed by atoms with Crippen LogP contribution in [-0.4, -0.2) is 24.9 Å². The van der Waals surface area contributed by atoms with Gasteiger partial charge in [0.15, 0.2) is 0 Å². The molecule has 0 atom stereocenters. The summed E-state index contributed by atoms with van der Waals surface area (Å²) >= 11 is 0. The molecule has 1 aromatic rings. The molecule has 1 aromatic carbocycles. The molecule has 0 saturated carbocycles. The number of rotatable bonds is 3. The van der Waals surface area contributed by atoms with Gasteiger partial charge in [-0.1, -0.05) is 13.0 Å². The fourth-order valence-corrected chi connectivity index (χ4v) is 1.55. The Morgan fingerprint density at radius 2 is 1.94 bits per heavy atom. The van der Waals surface area contributed by atoms with E-state index >= 15 is 0 Å². The predicted octanol–water partition coefficient (Wildman–Crippen LogP) is 1.76. The standard InChI is InChI=1S/C13H15NO4/c1-4-12(16)14(9(2)15)11-7-5-6-10(8-11)13(17)18-3/h5-8H,4H2,1-3H3. The van der Waals surface area contributed by atoms with Crippen molar-refractivity contribution in [2.24, 2.45) is 0 Å². The fourth-order valence-electron chi connectivity index (χ4n) is 1.55. The molecule has 0 aliphatic carbocycles. The maximum atomic E-state index is 11.7. The predicted molar refractivity (Wildman–Crippen MR) is 66.2 cm³/mol. The van der Waals surface area contributed by atoms with E-state index in [2.05, 4.69) is 4.74 Å². The third-order valence-electron chi connectivity index (χ3n) is 2.39. The molecule has 0 unspecified atom stereocenters. The minimum atomic E-state index is -0.510. The van der Waals surface area contributed by atoms with E-state index in [4.69, 9.17) is 0 Å². The molecular weight excluding hydrogens is 234 g/mol. The molecule has 0 aliphatic heterocycles. The minimum Gasteiger partial charge on any atom is -0.465 e. The van der Waals surface area contributed by atoms with Crippen molar-refractivity contribution in [3.8, 4) is 0 Å². The Morgan fingerprint density at radius 1 is 1.28 bits per heavy atom. The molecule has 0 N–H and O–H groups in total. The van der Waals surface area contributed by atoms with Gasteiger partial charge in [-0.05, 0) is 18.2 Å². The number of carbonyl (C=O) groups is 3. The third-order valence-corrected chi connectivity index (χ3v) is 2.39. The van der Waals surface area contributed by atoms with Crippen LogP contribution >= 0.6 is 0 Å². The van der Waals surface area contributed by atoms with Gasteiger partial charge in [-0.3, -0.25) is 14.5 Å². The largest absolute Gasteiger partial charge is 0.465 e. The topological polar surface area (TPSA) is 63.7 Å².